The first-order valence-corrected chi connectivity index (χ1v) is 5.57. The summed E-state index contributed by atoms with van der Waals surface area (Å²) >= 11 is 1.60. The largest absolute Gasteiger partial charge is 0.384 e. The first-order chi connectivity index (χ1) is 6.54. The van der Waals surface area contributed by atoms with Gasteiger partial charge in [-0.25, -0.2) is 4.98 Å². The maximum Gasteiger partial charge on any atom is 0.208 e. The fraction of sp³-hybridized carbons (Fsp3) is 0.778. The normalized spacial score (nSPS) is 12.0. The van der Waals surface area contributed by atoms with E-state index in [-0.39, 0.29) is 5.41 Å². The number of hydrogen-bond acceptors (Lipinski definition) is 4. The van der Waals surface area contributed by atoms with Crippen molar-refractivity contribution in [2.75, 3.05) is 19.5 Å². The van der Waals surface area contributed by atoms with Crippen molar-refractivity contribution in [1.29, 1.82) is 0 Å². The van der Waals surface area contributed by atoms with Gasteiger partial charge in [0.05, 0.1) is 6.61 Å². The molecular formula is C9H17N3OS. The lowest BCUT2D eigenvalue weighted by molar-refractivity contribution is 0.218. The second-order valence-electron chi connectivity index (χ2n) is 4.06. The van der Waals surface area contributed by atoms with Crippen LogP contribution in [0.3, 0.4) is 0 Å². The first kappa shape index (κ1) is 11.5. The van der Waals surface area contributed by atoms with Crippen LogP contribution in [-0.2, 0) is 10.2 Å². The zero-order chi connectivity index (χ0) is 10.6. The van der Waals surface area contributed by atoms with Crippen LogP contribution in [0.2, 0.25) is 0 Å². The highest BCUT2D eigenvalue weighted by atomic mass is 32.2. The molecule has 5 heteroatoms. The van der Waals surface area contributed by atoms with Gasteiger partial charge in [0.2, 0.25) is 5.16 Å². The Morgan fingerprint density at radius 1 is 1.43 bits per heavy atom. The summed E-state index contributed by atoms with van der Waals surface area (Å²) in [5, 5.41) is 7.87. The lowest BCUT2D eigenvalue weighted by Gasteiger charge is -2.12. The van der Waals surface area contributed by atoms with E-state index in [0.717, 1.165) is 23.3 Å². The monoisotopic (exact) mass is 215 g/mol. The van der Waals surface area contributed by atoms with Gasteiger partial charge in [0.1, 0.15) is 5.82 Å². The SMILES string of the molecule is COCCSc1n[nH]c(C(C)(C)C)n1. The second-order valence-corrected chi connectivity index (χ2v) is 5.12. The van der Waals surface area contributed by atoms with Crippen LogP contribution >= 0.6 is 11.8 Å². The topological polar surface area (TPSA) is 50.8 Å². The Bertz CT molecular complexity index is 280. The summed E-state index contributed by atoms with van der Waals surface area (Å²) in [6.45, 7) is 7.05. The Balaban J connectivity index is 2.51. The summed E-state index contributed by atoms with van der Waals surface area (Å²) < 4.78 is 4.95. The highest BCUT2D eigenvalue weighted by Gasteiger charge is 2.18. The van der Waals surface area contributed by atoms with Gasteiger partial charge < -0.3 is 4.74 Å². The third-order valence-electron chi connectivity index (χ3n) is 1.69. The molecule has 0 radical (unpaired) electrons. The van der Waals surface area contributed by atoms with Crippen molar-refractivity contribution in [3.63, 3.8) is 0 Å². The summed E-state index contributed by atoms with van der Waals surface area (Å²) in [6.07, 6.45) is 0. The number of rotatable bonds is 4. The molecule has 1 aromatic rings. The molecule has 80 valence electrons. The quantitative estimate of drug-likeness (QED) is 0.615. The summed E-state index contributed by atoms with van der Waals surface area (Å²) in [4.78, 5) is 4.39. The fourth-order valence-corrected chi connectivity index (χ4v) is 1.56. The van der Waals surface area contributed by atoms with Crippen LogP contribution < -0.4 is 0 Å². The molecule has 0 aromatic carbocycles. The van der Waals surface area contributed by atoms with Gasteiger partial charge in [0, 0.05) is 18.3 Å². The smallest absolute Gasteiger partial charge is 0.208 e. The Morgan fingerprint density at radius 2 is 2.14 bits per heavy atom. The molecule has 1 rings (SSSR count). The van der Waals surface area contributed by atoms with Gasteiger partial charge in [-0.2, -0.15) is 0 Å². The number of H-pyrrole nitrogens is 1. The van der Waals surface area contributed by atoms with Crippen LogP contribution in [-0.4, -0.2) is 34.7 Å². The van der Waals surface area contributed by atoms with Crippen molar-refractivity contribution in [1.82, 2.24) is 15.2 Å². The van der Waals surface area contributed by atoms with Crippen LogP contribution in [0.25, 0.3) is 0 Å². The molecule has 1 N–H and O–H groups in total. The van der Waals surface area contributed by atoms with Crippen LogP contribution in [0.15, 0.2) is 5.16 Å². The number of ether oxygens (including phenoxy) is 1. The number of aromatic nitrogens is 3. The molecule has 0 saturated heterocycles. The molecule has 0 spiro atoms. The maximum atomic E-state index is 4.95. The van der Waals surface area contributed by atoms with E-state index in [0.29, 0.717) is 0 Å². The molecule has 0 fully saturated rings. The van der Waals surface area contributed by atoms with Crippen molar-refractivity contribution >= 4 is 11.8 Å². The highest BCUT2D eigenvalue weighted by Crippen LogP contribution is 2.20. The zero-order valence-electron chi connectivity index (χ0n) is 9.13. The first-order valence-electron chi connectivity index (χ1n) is 4.58. The molecule has 0 saturated carbocycles. The Hall–Kier alpha value is -0.550. The van der Waals surface area contributed by atoms with E-state index < -0.39 is 0 Å². The molecule has 0 atom stereocenters. The van der Waals surface area contributed by atoms with Crippen molar-refractivity contribution in [3.05, 3.63) is 5.82 Å². The minimum atomic E-state index is 0.0348. The third-order valence-corrected chi connectivity index (χ3v) is 2.51. The van der Waals surface area contributed by atoms with Gasteiger partial charge in [-0.1, -0.05) is 32.5 Å². The van der Waals surface area contributed by atoms with Gasteiger partial charge in [-0.15, -0.1) is 5.10 Å². The lowest BCUT2D eigenvalue weighted by Crippen LogP contribution is -2.13. The van der Waals surface area contributed by atoms with Crippen molar-refractivity contribution in [3.8, 4) is 0 Å². The summed E-state index contributed by atoms with van der Waals surface area (Å²) in [5.74, 6) is 1.82. The number of methoxy groups -OCH3 is 1. The molecule has 0 bridgehead atoms. The Kier molecular flexibility index (Phi) is 3.95. The van der Waals surface area contributed by atoms with Crippen LogP contribution in [0, 0.1) is 0 Å². The van der Waals surface area contributed by atoms with E-state index in [4.69, 9.17) is 4.74 Å². The lowest BCUT2D eigenvalue weighted by atomic mass is 9.96. The molecule has 0 aliphatic rings. The predicted octanol–water partition coefficient (Wildman–Crippen LogP) is 1.84. The van der Waals surface area contributed by atoms with Crippen molar-refractivity contribution < 1.29 is 4.74 Å². The molecule has 0 aliphatic carbocycles. The number of thioether (sulfide) groups is 1. The third kappa shape index (κ3) is 3.31. The van der Waals surface area contributed by atoms with Crippen LogP contribution in [0.5, 0.6) is 0 Å². The van der Waals surface area contributed by atoms with E-state index in [2.05, 4.69) is 36.0 Å². The molecule has 0 amide bonds. The number of hydrogen-bond donors (Lipinski definition) is 1. The van der Waals surface area contributed by atoms with Crippen LogP contribution in [0.1, 0.15) is 26.6 Å². The predicted molar refractivity (Wildman–Crippen MR) is 57.7 cm³/mol. The van der Waals surface area contributed by atoms with E-state index in [1.165, 1.54) is 0 Å². The molecule has 0 aliphatic heterocycles. The summed E-state index contributed by atoms with van der Waals surface area (Å²) in [6, 6.07) is 0. The summed E-state index contributed by atoms with van der Waals surface area (Å²) in [5.41, 5.74) is 0.0348. The molecule has 4 nitrogen and oxygen atoms in total. The van der Waals surface area contributed by atoms with Gasteiger partial charge in [0.15, 0.2) is 0 Å². The van der Waals surface area contributed by atoms with Gasteiger partial charge in [-0.05, 0) is 0 Å². The highest BCUT2D eigenvalue weighted by molar-refractivity contribution is 7.99. The molecule has 1 aromatic heterocycles. The minimum Gasteiger partial charge on any atom is -0.384 e. The molecular weight excluding hydrogens is 198 g/mol. The Labute approximate surface area is 88.8 Å². The fourth-order valence-electron chi connectivity index (χ4n) is 0.863. The summed E-state index contributed by atoms with van der Waals surface area (Å²) in [7, 11) is 1.69. The number of nitrogens with zero attached hydrogens (tertiary/aromatic N) is 2. The van der Waals surface area contributed by atoms with E-state index in [1.54, 1.807) is 18.9 Å². The number of nitrogens with one attached hydrogen (secondary N) is 1. The van der Waals surface area contributed by atoms with Crippen LogP contribution in [0.4, 0.5) is 0 Å². The minimum absolute atomic E-state index is 0.0348. The van der Waals surface area contributed by atoms with Crippen molar-refractivity contribution in [2.24, 2.45) is 0 Å². The number of aromatic amines is 1. The van der Waals surface area contributed by atoms with Gasteiger partial charge >= 0.3 is 0 Å². The standard InChI is InChI=1S/C9H17N3OS/c1-9(2,3)7-10-8(12-11-7)14-6-5-13-4/h5-6H2,1-4H3,(H,10,11,12). The maximum absolute atomic E-state index is 4.95. The van der Waals surface area contributed by atoms with Crippen molar-refractivity contribution in [2.45, 2.75) is 31.3 Å². The Morgan fingerprint density at radius 3 is 2.64 bits per heavy atom. The molecule has 14 heavy (non-hydrogen) atoms. The van der Waals surface area contributed by atoms with E-state index >= 15 is 0 Å². The molecule has 1 heterocycles. The van der Waals surface area contributed by atoms with E-state index in [9.17, 15) is 0 Å². The average molecular weight is 215 g/mol. The molecule has 0 unspecified atom stereocenters. The van der Waals surface area contributed by atoms with E-state index in [1.807, 2.05) is 0 Å². The second kappa shape index (κ2) is 4.79. The average Bonchev–Trinajstić information content (AvgIpc) is 2.52. The van der Waals surface area contributed by atoms with Gasteiger partial charge in [0.25, 0.3) is 0 Å². The van der Waals surface area contributed by atoms with Gasteiger partial charge in [-0.3, -0.25) is 5.10 Å². The zero-order valence-corrected chi connectivity index (χ0v) is 9.94.